The summed E-state index contributed by atoms with van der Waals surface area (Å²) in [7, 11) is 0. The Balaban J connectivity index is 2.38. The summed E-state index contributed by atoms with van der Waals surface area (Å²) in [6.45, 7) is 6.65. The van der Waals surface area contributed by atoms with E-state index in [-0.39, 0.29) is 11.0 Å². The lowest BCUT2D eigenvalue weighted by Gasteiger charge is -2.35. The van der Waals surface area contributed by atoms with Crippen molar-refractivity contribution in [3.05, 3.63) is 22.9 Å². The molecule has 1 heterocycles. The van der Waals surface area contributed by atoms with Crippen molar-refractivity contribution in [3.63, 3.8) is 0 Å². The van der Waals surface area contributed by atoms with Gasteiger partial charge in [0.25, 0.3) is 0 Å². The van der Waals surface area contributed by atoms with Gasteiger partial charge in [0, 0.05) is 18.8 Å². The molecule has 1 fully saturated rings. The van der Waals surface area contributed by atoms with E-state index >= 15 is 0 Å². The lowest BCUT2D eigenvalue weighted by Crippen LogP contribution is -2.27. The zero-order chi connectivity index (χ0) is 13.2. The van der Waals surface area contributed by atoms with Gasteiger partial charge in [-0.15, -0.1) is 0 Å². The molecule has 0 aromatic heterocycles. The second kappa shape index (κ2) is 4.86. The predicted molar refractivity (Wildman–Crippen MR) is 70.2 cm³/mol. The van der Waals surface area contributed by atoms with Crippen LogP contribution in [0.5, 0.6) is 0 Å². The normalized spacial score (nSPS) is 22.1. The monoisotopic (exact) mass is 241 g/mol. The summed E-state index contributed by atoms with van der Waals surface area (Å²) in [6.07, 6.45) is 6.44. The van der Waals surface area contributed by atoms with Gasteiger partial charge in [0.1, 0.15) is 17.7 Å². The molecule has 2 aliphatic rings. The van der Waals surface area contributed by atoms with Crippen molar-refractivity contribution in [2.45, 2.75) is 39.5 Å². The van der Waals surface area contributed by atoms with E-state index in [1.54, 1.807) is 0 Å². The fraction of sp³-hybridized carbons (Fsp3) is 0.600. The first-order chi connectivity index (χ1) is 8.55. The molecule has 1 aliphatic carbocycles. The Labute approximate surface area is 109 Å². The quantitative estimate of drug-likeness (QED) is 0.663. The molecule has 0 N–H and O–H groups in total. The molecule has 1 saturated heterocycles. The highest BCUT2D eigenvalue weighted by atomic mass is 15.1. The highest BCUT2D eigenvalue weighted by Crippen LogP contribution is 2.40. The second-order valence-electron chi connectivity index (χ2n) is 5.97. The first kappa shape index (κ1) is 12.7. The van der Waals surface area contributed by atoms with E-state index in [2.05, 4.69) is 24.8 Å². The predicted octanol–water partition coefficient (Wildman–Crippen LogP) is 3.13. The molecule has 0 atom stereocenters. The molecule has 0 spiro atoms. The molecule has 0 aromatic carbocycles. The Morgan fingerprint density at radius 1 is 1.17 bits per heavy atom. The van der Waals surface area contributed by atoms with Gasteiger partial charge < -0.3 is 4.90 Å². The van der Waals surface area contributed by atoms with Crippen LogP contribution in [-0.4, -0.2) is 18.0 Å². The Bertz CT molecular complexity index is 461. The molecule has 0 aromatic rings. The minimum Gasteiger partial charge on any atom is -0.375 e. The summed E-state index contributed by atoms with van der Waals surface area (Å²) >= 11 is 0. The van der Waals surface area contributed by atoms with Crippen LogP contribution >= 0.6 is 0 Å². The zero-order valence-corrected chi connectivity index (χ0v) is 11.2. The number of hydrogen-bond donors (Lipinski definition) is 0. The van der Waals surface area contributed by atoms with Crippen LogP contribution in [0.25, 0.3) is 0 Å². The topological polar surface area (TPSA) is 50.8 Å². The molecular weight excluding hydrogens is 222 g/mol. The maximum absolute atomic E-state index is 9.03. The van der Waals surface area contributed by atoms with Gasteiger partial charge in [-0.25, -0.2) is 0 Å². The van der Waals surface area contributed by atoms with Crippen LogP contribution in [0, 0.1) is 28.1 Å². The van der Waals surface area contributed by atoms with Crippen molar-refractivity contribution < 1.29 is 0 Å². The molecule has 0 amide bonds. The van der Waals surface area contributed by atoms with Crippen LogP contribution in [-0.2, 0) is 0 Å². The molecule has 0 bridgehead atoms. The van der Waals surface area contributed by atoms with E-state index < -0.39 is 0 Å². The number of nitriles is 2. The zero-order valence-electron chi connectivity index (χ0n) is 11.2. The van der Waals surface area contributed by atoms with E-state index in [1.807, 2.05) is 12.1 Å². The maximum Gasteiger partial charge on any atom is 0.132 e. The average molecular weight is 241 g/mol. The highest BCUT2D eigenvalue weighted by Gasteiger charge is 2.30. The maximum atomic E-state index is 9.03. The van der Waals surface area contributed by atoms with Gasteiger partial charge in [-0.3, -0.25) is 0 Å². The molecule has 2 rings (SSSR count). The van der Waals surface area contributed by atoms with Gasteiger partial charge in [-0.2, -0.15) is 10.5 Å². The largest absolute Gasteiger partial charge is 0.375 e. The van der Waals surface area contributed by atoms with Gasteiger partial charge in [0.2, 0.25) is 0 Å². The molecule has 0 radical (unpaired) electrons. The summed E-state index contributed by atoms with van der Waals surface area (Å²) in [4.78, 5) is 2.41. The SMILES string of the molecule is CC1(C)CC(N2CCCC2)=CC(=C(C#N)C#N)C1. The van der Waals surface area contributed by atoms with Crippen molar-refractivity contribution in [3.8, 4) is 12.1 Å². The molecule has 1 aliphatic heterocycles. The first-order valence-electron chi connectivity index (χ1n) is 6.54. The average Bonchev–Trinajstić information content (AvgIpc) is 2.82. The van der Waals surface area contributed by atoms with E-state index in [0.717, 1.165) is 31.5 Å². The van der Waals surface area contributed by atoms with E-state index in [1.165, 1.54) is 18.5 Å². The van der Waals surface area contributed by atoms with Crippen molar-refractivity contribution in [1.82, 2.24) is 4.90 Å². The van der Waals surface area contributed by atoms with Crippen LogP contribution in [0.2, 0.25) is 0 Å². The third-order valence-corrected chi connectivity index (χ3v) is 3.73. The molecular formula is C15H19N3. The van der Waals surface area contributed by atoms with E-state index in [4.69, 9.17) is 10.5 Å². The van der Waals surface area contributed by atoms with Gasteiger partial charge in [0.15, 0.2) is 0 Å². The number of rotatable bonds is 1. The lowest BCUT2D eigenvalue weighted by atomic mass is 9.76. The van der Waals surface area contributed by atoms with Crippen LogP contribution < -0.4 is 0 Å². The van der Waals surface area contributed by atoms with Crippen molar-refractivity contribution >= 4 is 0 Å². The fourth-order valence-electron chi connectivity index (χ4n) is 2.91. The van der Waals surface area contributed by atoms with E-state index in [9.17, 15) is 0 Å². The van der Waals surface area contributed by atoms with Crippen LogP contribution in [0.1, 0.15) is 39.5 Å². The van der Waals surface area contributed by atoms with Crippen LogP contribution in [0.4, 0.5) is 0 Å². The number of allylic oxidation sites excluding steroid dienone is 4. The summed E-state index contributed by atoms with van der Waals surface area (Å²) in [5, 5.41) is 18.1. The van der Waals surface area contributed by atoms with Crippen LogP contribution in [0.15, 0.2) is 22.9 Å². The summed E-state index contributed by atoms with van der Waals surface area (Å²) in [5.74, 6) is 0. The molecule has 3 nitrogen and oxygen atoms in total. The van der Waals surface area contributed by atoms with Gasteiger partial charge in [0.05, 0.1) is 0 Å². The van der Waals surface area contributed by atoms with E-state index in [0.29, 0.717) is 0 Å². The molecule has 3 heteroatoms. The first-order valence-corrected chi connectivity index (χ1v) is 6.54. The summed E-state index contributed by atoms with van der Waals surface area (Å²) < 4.78 is 0. The molecule has 94 valence electrons. The molecule has 0 unspecified atom stereocenters. The van der Waals surface area contributed by atoms with Crippen LogP contribution in [0.3, 0.4) is 0 Å². The second-order valence-corrected chi connectivity index (χ2v) is 5.97. The summed E-state index contributed by atoms with van der Waals surface area (Å²) in [6, 6.07) is 4.05. The number of nitrogens with zero attached hydrogens (tertiary/aromatic N) is 3. The number of likely N-dealkylation sites (tertiary alicyclic amines) is 1. The smallest absolute Gasteiger partial charge is 0.132 e. The van der Waals surface area contributed by atoms with Crippen molar-refractivity contribution in [2.75, 3.05) is 13.1 Å². The van der Waals surface area contributed by atoms with Gasteiger partial charge >= 0.3 is 0 Å². The lowest BCUT2D eigenvalue weighted by molar-refractivity contribution is 0.290. The number of hydrogen-bond acceptors (Lipinski definition) is 3. The van der Waals surface area contributed by atoms with Crippen molar-refractivity contribution in [1.29, 1.82) is 10.5 Å². The third-order valence-electron chi connectivity index (χ3n) is 3.73. The molecule has 0 saturated carbocycles. The Morgan fingerprint density at radius 2 is 1.78 bits per heavy atom. The minimum absolute atomic E-state index is 0.140. The summed E-state index contributed by atoms with van der Waals surface area (Å²) in [5.41, 5.74) is 2.64. The van der Waals surface area contributed by atoms with Gasteiger partial charge in [-0.1, -0.05) is 13.8 Å². The third kappa shape index (κ3) is 2.57. The minimum atomic E-state index is 0.140. The van der Waals surface area contributed by atoms with Gasteiger partial charge in [-0.05, 0) is 42.7 Å². The Hall–Kier alpha value is -1.74. The standard InChI is InChI=1S/C15H19N3/c1-15(2)8-12(13(10-16)11-17)7-14(9-15)18-5-3-4-6-18/h7H,3-6,8-9H2,1-2H3. The highest BCUT2D eigenvalue weighted by molar-refractivity contribution is 5.47. The van der Waals surface area contributed by atoms with Crippen molar-refractivity contribution in [2.24, 2.45) is 5.41 Å². The Kier molecular flexibility index (Phi) is 3.43. The fourth-order valence-corrected chi connectivity index (χ4v) is 2.91. The Morgan fingerprint density at radius 3 is 2.33 bits per heavy atom. The molecule has 18 heavy (non-hydrogen) atoms.